The Bertz CT molecular complexity index is 2420. The van der Waals surface area contributed by atoms with Crippen molar-refractivity contribution >= 4 is 104 Å². The highest BCUT2D eigenvalue weighted by Crippen LogP contribution is 2.43. The monoisotopic (exact) mass is 902 g/mol. The van der Waals surface area contributed by atoms with Crippen LogP contribution in [0.15, 0.2) is 81.8 Å². The topological polar surface area (TPSA) is 123 Å². The lowest BCUT2D eigenvalue weighted by Crippen LogP contribution is -2.55. The second-order valence-corrected chi connectivity index (χ2v) is 15.8. The van der Waals surface area contributed by atoms with E-state index in [0.717, 1.165) is 27.0 Å². The largest absolute Gasteiger partial charge is 0.377 e. The van der Waals surface area contributed by atoms with E-state index >= 15 is 9.59 Å². The number of rotatable bonds is 10. The molecule has 0 radical (unpaired) electrons. The lowest BCUT2D eigenvalue weighted by atomic mass is 10.1. The number of nitrogens with zero attached hydrogens (tertiary/aromatic N) is 6. The molecule has 2 N–H and O–H groups in total. The number of hydrogen-bond acceptors (Lipinski definition) is 8. The van der Waals surface area contributed by atoms with Gasteiger partial charge in [0.25, 0.3) is 0 Å². The smallest absolute Gasteiger partial charge is 0.341 e. The molecule has 4 aromatic carbocycles. The average Bonchev–Trinajstić information content (AvgIpc) is 3.71. The van der Waals surface area contributed by atoms with Gasteiger partial charge < -0.3 is 29.5 Å². The Morgan fingerprint density at radius 1 is 0.603 bits per heavy atom. The highest BCUT2D eigenvalue weighted by Gasteiger charge is 2.37. The number of hydrazine groups is 1. The van der Waals surface area contributed by atoms with Crippen molar-refractivity contribution in [2.45, 2.75) is 26.9 Å². The summed E-state index contributed by atoms with van der Waals surface area (Å²) in [4.78, 5) is 34.1. The third-order valence-electron chi connectivity index (χ3n) is 9.08. The van der Waals surface area contributed by atoms with Crippen molar-refractivity contribution in [2.75, 3.05) is 48.3 Å². The number of carbonyl (C=O) groups excluding carboxylic acids is 2. The molecule has 2 heterocycles. The van der Waals surface area contributed by atoms with Crippen molar-refractivity contribution in [3.63, 3.8) is 0 Å². The number of nitrogens with one attached hydrogen (secondary N) is 2. The maximum atomic E-state index is 15.1. The van der Waals surface area contributed by atoms with E-state index in [1.165, 1.54) is 0 Å². The van der Waals surface area contributed by atoms with Crippen molar-refractivity contribution in [1.29, 1.82) is 0 Å². The highest BCUT2D eigenvalue weighted by molar-refractivity contribution is 6.40. The summed E-state index contributed by atoms with van der Waals surface area (Å²) in [5.74, 6) is 0.351. The van der Waals surface area contributed by atoms with Gasteiger partial charge >= 0.3 is 12.1 Å². The molecule has 18 heteroatoms. The van der Waals surface area contributed by atoms with E-state index < -0.39 is 12.1 Å². The summed E-state index contributed by atoms with van der Waals surface area (Å²) in [6.07, 6.45) is 0. The van der Waals surface area contributed by atoms with Crippen molar-refractivity contribution in [1.82, 2.24) is 20.6 Å². The Hall–Kier alpha value is -4.82. The molecule has 0 aliphatic heterocycles. The lowest BCUT2D eigenvalue weighted by molar-refractivity contribution is 0.194. The Balaban J connectivity index is 1.56. The molecule has 6 aromatic rings. The first-order chi connectivity index (χ1) is 27.6. The van der Waals surface area contributed by atoms with Crippen LogP contribution in [0.5, 0.6) is 0 Å². The maximum absolute atomic E-state index is 15.1. The predicted molar refractivity (Wildman–Crippen MR) is 234 cm³/mol. The summed E-state index contributed by atoms with van der Waals surface area (Å²) < 4.78 is 11.3. The van der Waals surface area contributed by atoms with Crippen molar-refractivity contribution in [3.8, 4) is 22.5 Å². The number of carbonyl (C=O) groups is 2. The SMILES string of the molecule is Cc1onc(-c2c(Cl)cccc2Cl)c1NC(=O)N(Cc1c(Cl)cccc1Cl)N(C(=O)NCc1c(N(C)C)cccc1N(C)C)c1c(-c2c(Cl)cccc2Cl)noc1C. The van der Waals surface area contributed by atoms with Gasteiger partial charge in [0.05, 0.1) is 26.6 Å². The molecule has 0 aliphatic carbocycles. The Kier molecular flexibility index (Phi) is 13.3. The Morgan fingerprint density at radius 3 is 1.57 bits per heavy atom. The van der Waals surface area contributed by atoms with Gasteiger partial charge in [0.2, 0.25) is 0 Å². The predicted octanol–water partition coefficient (Wildman–Crippen LogP) is 12.0. The minimum absolute atomic E-state index is 0.0198. The van der Waals surface area contributed by atoms with Crippen LogP contribution in [0, 0.1) is 13.8 Å². The van der Waals surface area contributed by atoms with Crippen LogP contribution in [0.25, 0.3) is 22.5 Å². The van der Waals surface area contributed by atoms with Gasteiger partial charge in [-0.25, -0.2) is 14.6 Å². The van der Waals surface area contributed by atoms with E-state index in [0.29, 0.717) is 11.1 Å². The fraction of sp³-hybridized carbons (Fsp3) is 0.200. The summed E-state index contributed by atoms with van der Waals surface area (Å²) in [7, 11) is 7.62. The zero-order valence-electron chi connectivity index (χ0n) is 31.9. The first-order valence-corrected chi connectivity index (χ1v) is 19.7. The van der Waals surface area contributed by atoms with Crippen LogP contribution in [0.1, 0.15) is 22.6 Å². The van der Waals surface area contributed by atoms with Gasteiger partial charge in [-0.15, -0.1) is 0 Å². The van der Waals surface area contributed by atoms with E-state index in [-0.39, 0.29) is 83.1 Å². The normalized spacial score (nSPS) is 11.0. The molecule has 0 bridgehead atoms. The van der Waals surface area contributed by atoms with E-state index in [1.807, 2.05) is 56.2 Å². The molecule has 12 nitrogen and oxygen atoms in total. The molecular formula is C40H36Cl6N8O4. The number of anilines is 4. The third-order valence-corrected chi connectivity index (χ3v) is 11.0. The molecule has 0 spiro atoms. The first-order valence-electron chi connectivity index (χ1n) is 17.5. The lowest BCUT2D eigenvalue weighted by Gasteiger charge is -2.35. The maximum Gasteiger partial charge on any atom is 0.341 e. The molecule has 0 saturated heterocycles. The molecule has 2 aromatic heterocycles. The number of benzene rings is 4. The van der Waals surface area contributed by atoms with Crippen LogP contribution in [0.2, 0.25) is 30.1 Å². The zero-order valence-corrected chi connectivity index (χ0v) is 36.5. The highest BCUT2D eigenvalue weighted by atomic mass is 35.5. The molecule has 0 saturated carbocycles. The fourth-order valence-corrected chi connectivity index (χ4v) is 7.98. The molecule has 6 rings (SSSR count). The summed E-state index contributed by atoms with van der Waals surface area (Å²) in [5.41, 5.74) is 3.78. The minimum Gasteiger partial charge on any atom is -0.377 e. The molecule has 302 valence electrons. The molecule has 0 aliphatic rings. The quantitative estimate of drug-likeness (QED) is 0.130. The molecule has 0 unspecified atom stereocenters. The van der Waals surface area contributed by atoms with Crippen LogP contribution in [-0.2, 0) is 13.1 Å². The second-order valence-electron chi connectivity index (χ2n) is 13.3. The Labute approximate surface area is 365 Å². The standard InChI is InChI=1S/C40H36Cl6N8O4/c1-21-35(36(49-57-21)33-27(43)13-8-14-28(33)44)48-40(56)53(20-24-25(41)11-7-12-26(24)42)54(38-22(2)58-50-37(38)34-29(45)15-9-16-30(34)46)39(55)47-19-23-31(51(3)4)17-10-18-32(23)52(5)6/h7-18H,19-20H2,1-6H3,(H,47,55)(H,48,56). The number of hydrogen-bond donors (Lipinski definition) is 2. The molecule has 58 heavy (non-hydrogen) atoms. The van der Waals surface area contributed by atoms with Crippen molar-refractivity contribution in [2.24, 2.45) is 0 Å². The van der Waals surface area contributed by atoms with E-state index in [2.05, 4.69) is 20.9 Å². The molecule has 4 amide bonds. The Morgan fingerprint density at radius 2 is 1.05 bits per heavy atom. The zero-order chi connectivity index (χ0) is 42.0. The van der Waals surface area contributed by atoms with Crippen LogP contribution in [0.4, 0.5) is 32.3 Å². The van der Waals surface area contributed by atoms with Crippen LogP contribution in [0.3, 0.4) is 0 Å². The molecular weight excluding hydrogens is 869 g/mol. The average molecular weight is 905 g/mol. The number of aromatic nitrogens is 2. The van der Waals surface area contributed by atoms with Crippen LogP contribution in [-0.4, -0.2) is 55.6 Å². The van der Waals surface area contributed by atoms with Gasteiger partial charge in [-0.3, -0.25) is 0 Å². The van der Waals surface area contributed by atoms with Gasteiger partial charge in [-0.2, -0.15) is 5.01 Å². The van der Waals surface area contributed by atoms with Crippen LogP contribution < -0.4 is 25.4 Å². The summed E-state index contributed by atoms with van der Waals surface area (Å²) >= 11 is 40.1. The van der Waals surface area contributed by atoms with Gasteiger partial charge in [-0.1, -0.05) is 104 Å². The van der Waals surface area contributed by atoms with E-state index in [1.54, 1.807) is 68.4 Å². The number of urea groups is 2. The number of aryl methyl sites for hydroxylation is 2. The summed E-state index contributed by atoms with van der Waals surface area (Å²) in [6, 6.07) is 18.9. The van der Waals surface area contributed by atoms with Crippen molar-refractivity contribution in [3.05, 3.63) is 126 Å². The van der Waals surface area contributed by atoms with Gasteiger partial charge in [0, 0.05) is 78.4 Å². The second kappa shape index (κ2) is 18.0. The summed E-state index contributed by atoms with van der Waals surface area (Å²) in [6.45, 7) is 2.85. The number of amides is 4. The van der Waals surface area contributed by atoms with E-state index in [9.17, 15) is 0 Å². The minimum atomic E-state index is -0.860. The molecule has 0 atom stereocenters. The third kappa shape index (κ3) is 8.63. The van der Waals surface area contributed by atoms with Crippen LogP contribution >= 0.6 is 69.6 Å². The number of halogens is 6. The van der Waals surface area contributed by atoms with Gasteiger partial charge in [0.15, 0.2) is 11.5 Å². The van der Waals surface area contributed by atoms with Gasteiger partial charge in [-0.05, 0) is 62.4 Å². The van der Waals surface area contributed by atoms with E-state index in [4.69, 9.17) is 78.7 Å². The van der Waals surface area contributed by atoms with Gasteiger partial charge in [0.1, 0.15) is 22.8 Å². The fourth-order valence-electron chi connectivity index (χ4n) is 6.31. The first kappa shape index (κ1) is 42.8. The molecule has 0 fully saturated rings. The summed E-state index contributed by atoms with van der Waals surface area (Å²) in [5, 5.41) is 18.0. The van der Waals surface area contributed by atoms with Crippen molar-refractivity contribution < 1.29 is 18.6 Å².